The fourth-order valence-corrected chi connectivity index (χ4v) is 0.307. The van der Waals surface area contributed by atoms with Crippen LogP contribution in [0.2, 0.25) is 0 Å². The lowest BCUT2D eigenvalue weighted by Gasteiger charge is -2.17. The highest BCUT2D eigenvalue weighted by Gasteiger charge is 2.00. The van der Waals surface area contributed by atoms with Crippen LogP contribution in [0.25, 0.3) is 0 Å². The Labute approximate surface area is 49.5 Å². The zero-order valence-corrected chi connectivity index (χ0v) is 5.04. The minimum absolute atomic E-state index is 0.0586. The van der Waals surface area contributed by atoms with E-state index >= 15 is 0 Å². The summed E-state index contributed by atoms with van der Waals surface area (Å²) in [6.07, 6.45) is -0.706. The summed E-state index contributed by atoms with van der Waals surface area (Å²) in [5, 5.41) is 17.0. The van der Waals surface area contributed by atoms with E-state index in [4.69, 9.17) is 10.2 Å². The molecule has 0 aliphatic heterocycles. The maximum Gasteiger partial charge on any atom is 0.107 e. The molecule has 3 nitrogen and oxygen atoms in total. The van der Waals surface area contributed by atoms with Crippen LogP contribution in [0.15, 0.2) is 0 Å². The molecule has 0 bridgehead atoms. The van der Waals surface area contributed by atoms with Crippen molar-refractivity contribution >= 4 is 0 Å². The third kappa shape index (κ3) is 2.96. The molecule has 1 radical (unpaired) electrons. The van der Waals surface area contributed by atoms with Crippen molar-refractivity contribution in [1.82, 2.24) is 4.90 Å². The summed E-state index contributed by atoms with van der Waals surface area (Å²) >= 11 is 0. The van der Waals surface area contributed by atoms with Crippen LogP contribution in [0.5, 0.6) is 0 Å². The van der Waals surface area contributed by atoms with Gasteiger partial charge in [-0.15, -0.1) is 0 Å². The van der Waals surface area contributed by atoms with Gasteiger partial charge in [-0.2, -0.15) is 0 Å². The van der Waals surface area contributed by atoms with E-state index in [0.717, 1.165) is 0 Å². The maximum atomic E-state index is 8.66. The molecule has 2 N–H and O–H groups in total. The molecule has 0 saturated heterocycles. The smallest absolute Gasteiger partial charge is 0.107 e. The van der Waals surface area contributed by atoms with Crippen molar-refractivity contribution in [3.63, 3.8) is 0 Å². The minimum Gasteiger partial charge on any atom is -0.395 e. The first-order valence-corrected chi connectivity index (χ1v) is 2.50. The summed E-state index contributed by atoms with van der Waals surface area (Å²) < 4.78 is 0. The lowest BCUT2D eigenvalue weighted by atomic mass is 10.5. The van der Waals surface area contributed by atoms with Crippen LogP contribution in [-0.4, -0.2) is 41.5 Å². The maximum absolute atomic E-state index is 8.66. The Balaban J connectivity index is 3.17. The predicted molar refractivity (Wildman–Crippen MR) is 31.1 cm³/mol. The number of hydrogen-bond donors (Lipinski definition) is 2. The summed E-state index contributed by atoms with van der Waals surface area (Å²) in [5.41, 5.74) is 0. The zero-order valence-electron chi connectivity index (χ0n) is 5.04. The van der Waals surface area contributed by atoms with Crippen LogP contribution in [-0.2, 0) is 0 Å². The minimum atomic E-state index is -0.706. The van der Waals surface area contributed by atoms with Crippen molar-refractivity contribution in [3.8, 4) is 0 Å². The van der Waals surface area contributed by atoms with Gasteiger partial charge in [0.1, 0.15) is 6.23 Å². The number of aliphatic hydroxyl groups excluding tert-OH is 2. The molecule has 0 rings (SSSR count). The summed E-state index contributed by atoms with van der Waals surface area (Å²) in [7, 11) is 1.69. The molecular formula is C5H12NO2. The lowest BCUT2D eigenvalue weighted by Crippen LogP contribution is -2.31. The van der Waals surface area contributed by atoms with Crippen LogP contribution in [0, 0.1) is 6.92 Å². The quantitative estimate of drug-likeness (QED) is 0.470. The van der Waals surface area contributed by atoms with Gasteiger partial charge in [0.15, 0.2) is 0 Å². The van der Waals surface area contributed by atoms with Crippen LogP contribution in [0.3, 0.4) is 0 Å². The van der Waals surface area contributed by atoms with Gasteiger partial charge >= 0.3 is 0 Å². The fraction of sp³-hybridized carbons (Fsp3) is 0.800. The van der Waals surface area contributed by atoms with Gasteiger partial charge in [-0.1, -0.05) is 0 Å². The van der Waals surface area contributed by atoms with Crippen LogP contribution in [0.1, 0.15) is 0 Å². The largest absolute Gasteiger partial charge is 0.395 e. The second kappa shape index (κ2) is 3.83. The van der Waals surface area contributed by atoms with Crippen molar-refractivity contribution in [2.45, 2.75) is 6.23 Å². The van der Waals surface area contributed by atoms with E-state index in [2.05, 4.69) is 6.92 Å². The number of aliphatic hydroxyl groups is 2. The predicted octanol–water partition coefficient (Wildman–Crippen LogP) is -0.937. The van der Waals surface area contributed by atoms with Crippen molar-refractivity contribution in [2.75, 3.05) is 20.2 Å². The van der Waals surface area contributed by atoms with Gasteiger partial charge in [-0.05, 0) is 14.0 Å². The molecule has 1 unspecified atom stereocenters. The average molecular weight is 118 g/mol. The molecular weight excluding hydrogens is 106 g/mol. The van der Waals surface area contributed by atoms with E-state index in [9.17, 15) is 0 Å². The fourth-order valence-electron chi connectivity index (χ4n) is 0.307. The molecule has 0 aromatic carbocycles. The number of likely N-dealkylation sites (N-methyl/N-ethyl adjacent to an activating group) is 1. The highest BCUT2D eigenvalue weighted by Crippen LogP contribution is 1.85. The Morgan fingerprint density at radius 1 is 1.75 bits per heavy atom. The van der Waals surface area contributed by atoms with Gasteiger partial charge in [0.2, 0.25) is 0 Å². The van der Waals surface area contributed by atoms with E-state index in [0.29, 0.717) is 6.54 Å². The SMILES string of the molecule is [CH2]C(O)N(C)CCO. The first-order chi connectivity index (χ1) is 3.68. The number of nitrogens with zero attached hydrogens (tertiary/aromatic N) is 1. The average Bonchev–Trinajstić information content (AvgIpc) is 1.67. The van der Waals surface area contributed by atoms with Crippen LogP contribution >= 0.6 is 0 Å². The molecule has 49 valence electrons. The monoisotopic (exact) mass is 118 g/mol. The van der Waals surface area contributed by atoms with Crippen molar-refractivity contribution in [3.05, 3.63) is 6.92 Å². The van der Waals surface area contributed by atoms with Crippen LogP contribution < -0.4 is 0 Å². The van der Waals surface area contributed by atoms with Gasteiger partial charge in [0.05, 0.1) is 6.61 Å². The molecule has 0 aliphatic rings. The molecule has 0 aromatic heterocycles. The number of hydrogen-bond acceptors (Lipinski definition) is 3. The lowest BCUT2D eigenvalue weighted by molar-refractivity contribution is 0.0478. The molecule has 8 heavy (non-hydrogen) atoms. The second-order valence-corrected chi connectivity index (χ2v) is 1.68. The zero-order chi connectivity index (χ0) is 6.57. The Kier molecular flexibility index (Phi) is 3.77. The van der Waals surface area contributed by atoms with Crippen LogP contribution in [0.4, 0.5) is 0 Å². The van der Waals surface area contributed by atoms with Gasteiger partial charge in [0, 0.05) is 6.54 Å². The topological polar surface area (TPSA) is 43.7 Å². The second-order valence-electron chi connectivity index (χ2n) is 1.68. The molecule has 1 atom stereocenters. The standard InChI is InChI=1S/C5H12NO2/c1-5(8)6(2)3-4-7/h5,7-8H,1,3-4H2,2H3. The third-order valence-electron chi connectivity index (χ3n) is 0.961. The van der Waals surface area contributed by atoms with E-state index in [-0.39, 0.29) is 6.61 Å². The van der Waals surface area contributed by atoms with Crippen molar-refractivity contribution in [1.29, 1.82) is 0 Å². The molecule has 0 fully saturated rings. The van der Waals surface area contributed by atoms with E-state index in [1.807, 2.05) is 0 Å². The Morgan fingerprint density at radius 2 is 2.25 bits per heavy atom. The molecule has 0 aliphatic carbocycles. The van der Waals surface area contributed by atoms with Gasteiger partial charge in [-0.3, -0.25) is 4.90 Å². The van der Waals surface area contributed by atoms with E-state index < -0.39 is 6.23 Å². The molecule has 0 amide bonds. The van der Waals surface area contributed by atoms with E-state index in [1.54, 1.807) is 11.9 Å². The molecule has 0 spiro atoms. The van der Waals surface area contributed by atoms with Gasteiger partial charge in [0.25, 0.3) is 0 Å². The Hall–Kier alpha value is -0.120. The summed E-state index contributed by atoms with van der Waals surface area (Å²) in [6.45, 7) is 3.85. The summed E-state index contributed by atoms with van der Waals surface area (Å²) in [5.74, 6) is 0. The molecule has 0 aromatic rings. The molecule has 0 saturated carbocycles. The third-order valence-corrected chi connectivity index (χ3v) is 0.961. The highest BCUT2D eigenvalue weighted by molar-refractivity contribution is 4.55. The normalized spacial score (nSPS) is 14.6. The highest BCUT2D eigenvalue weighted by atomic mass is 16.3. The molecule has 0 heterocycles. The first-order valence-electron chi connectivity index (χ1n) is 2.50. The Morgan fingerprint density at radius 3 is 2.38 bits per heavy atom. The number of rotatable bonds is 3. The van der Waals surface area contributed by atoms with Gasteiger partial charge in [-0.25, -0.2) is 0 Å². The first kappa shape index (κ1) is 7.88. The van der Waals surface area contributed by atoms with Crippen molar-refractivity contribution < 1.29 is 10.2 Å². The summed E-state index contributed by atoms with van der Waals surface area (Å²) in [6, 6.07) is 0. The molecule has 3 heteroatoms. The van der Waals surface area contributed by atoms with Crippen molar-refractivity contribution in [2.24, 2.45) is 0 Å². The summed E-state index contributed by atoms with van der Waals surface area (Å²) in [4.78, 5) is 1.54. The van der Waals surface area contributed by atoms with E-state index in [1.165, 1.54) is 0 Å². The van der Waals surface area contributed by atoms with Gasteiger partial charge < -0.3 is 10.2 Å². The Bertz CT molecular complexity index is 56.4.